The molecule has 3 aromatic rings. The number of imide groups is 1. The number of aromatic nitrogens is 1. The number of hydrogen-bond acceptors (Lipinski definition) is 7. The molecule has 0 spiro atoms. The zero-order chi connectivity index (χ0) is 31.2. The molecule has 230 valence electrons. The maximum absolute atomic E-state index is 13.5. The molecular weight excluding hydrogens is 624 g/mol. The average molecular weight is 662 g/mol. The van der Waals surface area contributed by atoms with Crippen molar-refractivity contribution in [1.82, 2.24) is 9.88 Å². The van der Waals surface area contributed by atoms with Gasteiger partial charge in [0.05, 0.1) is 30.2 Å². The maximum atomic E-state index is 13.5. The Bertz CT molecular complexity index is 1540. The first-order chi connectivity index (χ1) is 21.3. The molecule has 1 aliphatic carbocycles. The first-order valence-corrected chi connectivity index (χ1v) is 15.8. The fourth-order valence-electron chi connectivity index (χ4n) is 6.39. The summed E-state index contributed by atoms with van der Waals surface area (Å²) in [7, 11) is 0. The zero-order valence-corrected chi connectivity index (χ0v) is 26.2. The summed E-state index contributed by atoms with van der Waals surface area (Å²) in [6.07, 6.45) is 4.09. The molecule has 2 amide bonds. The van der Waals surface area contributed by atoms with Gasteiger partial charge in [0.1, 0.15) is 18.1 Å². The number of rotatable bonds is 12. The number of aliphatic hydroxyl groups excluding tert-OH is 2. The van der Waals surface area contributed by atoms with Gasteiger partial charge in [-0.25, -0.2) is 0 Å². The van der Waals surface area contributed by atoms with Crippen LogP contribution in [0.4, 0.5) is 0 Å². The number of para-hydroxylation sites is 1. The summed E-state index contributed by atoms with van der Waals surface area (Å²) in [5, 5.41) is 33.0. The Hall–Kier alpha value is -3.79. The number of carbonyl (C=O) groups is 2. The van der Waals surface area contributed by atoms with Crippen LogP contribution in [0, 0.1) is 17.8 Å². The quantitative estimate of drug-likeness (QED) is 0.170. The van der Waals surface area contributed by atoms with Gasteiger partial charge < -0.3 is 20.1 Å². The third kappa shape index (κ3) is 6.80. The SMILES string of the molecule is CCCN1C(=O)[C@@H]2[C@@H](CC(COc3ccccc3)=C([C@H](O)CC/C(=C/c3cc(Br)ccc3O)c3ccccn3)[C@@H]2CO)C1=O. The number of pyridine rings is 1. The number of phenolic OH excluding ortho intramolecular Hbond substituents is 1. The number of fused-ring (bicyclic) bond motifs is 1. The molecule has 2 heterocycles. The molecule has 0 saturated carbocycles. The molecule has 3 N–H and O–H groups in total. The Labute approximate surface area is 265 Å². The number of carbonyl (C=O) groups excluding carboxylic acids is 2. The molecule has 1 fully saturated rings. The highest BCUT2D eigenvalue weighted by Gasteiger charge is 2.54. The predicted molar refractivity (Wildman–Crippen MR) is 171 cm³/mol. The van der Waals surface area contributed by atoms with Crippen molar-refractivity contribution in [2.24, 2.45) is 17.8 Å². The van der Waals surface area contributed by atoms with Crippen molar-refractivity contribution in [3.05, 3.63) is 99.8 Å². The normalized spacial score (nSPS) is 21.0. The van der Waals surface area contributed by atoms with Crippen molar-refractivity contribution in [2.75, 3.05) is 19.8 Å². The topological polar surface area (TPSA) is 120 Å². The van der Waals surface area contributed by atoms with Crippen molar-refractivity contribution < 1.29 is 29.6 Å². The molecule has 9 heteroatoms. The van der Waals surface area contributed by atoms with E-state index in [1.165, 1.54) is 4.90 Å². The summed E-state index contributed by atoms with van der Waals surface area (Å²) in [6.45, 7) is 1.99. The smallest absolute Gasteiger partial charge is 0.233 e. The lowest BCUT2D eigenvalue weighted by Gasteiger charge is -2.36. The largest absolute Gasteiger partial charge is 0.507 e. The number of ether oxygens (including phenoxy) is 1. The van der Waals surface area contributed by atoms with E-state index in [2.05, 4.69) is 20.9 Å². The van der Waals surface area contributed by atoms with Crippen LogP contribution >= 0.6 is 15.9 Å². The van der Waals surface area contributed by atoms with Gasteiger partial charge in [-0.1, -0.05) is 47.1 Å². The first-order valence-electron chi connectivity index (χ1n) is 15.0. The lowest BCUT2D eigenvalue weighted by Crippen LogP contribution is -2.40. The molecule has 0 unspecified atom stereocenters. The Morgan fingerprint density at radius 2 is 1.89 bits per heavy atom. The van der Waals surface area contributed by atoms with E-state index in [1.54, 1.807) is 18.3 Å². The van der Waals surface area contributed by atoms with Crippen LogP contribution in [0.15, 0.2) is 88.5 Å². The number of phenols is 1. The van der Waals surface area contributed by atoms with E-state index >= 15 is 0 Å². The molecule has 0 bridgehead atoms. The summed E-state index contributed by atoms with van der Waals surface area (Å²) in [6, 6.07) is 20.0. The third-order valence-corrected chi connectivity index (χ3v) is 8.93. The van der Waals surface area contributed by atoms with Gasteiger partial charge in [-0.15, -0.1) is 0 Å². The van der Waals surface area contributed by atoms with Crippen molar-refractivity contribution >= 4 is 39.4 Å². The van der Waals surface area contributed by atoms with Gasteiger partial charge in [0.15, 0.2) is 0 Å². The van der Waals surface area contributed by atoms with Crippen LogP contribution in [0.2, 0.25) is 0 Å². The highest BCUT2D eigenvalue weighted by Crippen LogP contribution is 2.46. The van der Waals surface area contributed by atoms with Gasteiger partial charge in [-0.3, -0.25) is 19.5 Å². The zero-order valence-electron chi connectivity index (χ0n) is 24.6. The molecule has 1 aromatic heterocycles. The van der Waals surface area contributed by atoms with Crippen LogP contribution in [0.25, 0.3) is 11.6 Å². The first kappa shape index (κ1) is 31.6. The second kappa shape index (κ2) is 14.3. The fraction of sp³-hybridized carbons (Fsp3) is 0.343. The number of nitrogens with zero attached hydrogens (tertiary/aromatic N) is 2. The molecule has 44 heavy (non-hydrogen) atoms. The number of aliphatic hydroxyl groups is 2. The molecule has 1 saturated heterocycles. The van der Waals surface area contributed by atoms with Crippen molar-refractivity contribution in [3.8, 4) is 11.5 Å². The minimum atomic E-state index is -1.02. The number of benzene rings is 2. The van der Waals surface area contributed by atoms with Gasteiger partial charge in [0.2, 0.25) is 11.8 Å². The van der Waals surface area contributed by atoms with Crippen molar-refractivity contribution in [2.45, 2.75) is 38.7 Å². The molecule has 0 radical (unpaired) electrons. The van der Waals surface area contributed by atoms with Crippen LogP contribution in [0.5, 0.6) is 11.5 Å². The molecule has 4 atom stereocenters. The second-order valence-corrected chi connectivity index (χ2v) is 12.2. The summed E-state index contributed by atoms with van der Waals surface area (Å²) in [5.41, 5.74) is 3.40. The van der Waals surface area contributed by atoms with Crippen LogP contribution in [-0.4, -0.2) is 62.9 Å². The van der Waals surface area contributed by atoms with E-state index in [0.717, 1.165) is 15.6 Å². The Morgan fingerprint density at radius 1 is 1.11 bits per heavy atom. The molecule has 5 rings (SSSR count). The van der Waals surface area contributed by atoms with Crippen LogP contribution in [0.3, 0.4) is 0 Å². The van der Waals surface area contributed by atoms with Crippen LogP contribution < -0.4 is 4.74 Å². The number of aromatic hydroxyl groups is 1. The lowest BCUT2D eigenvalue weighted by molar-refractivity contribution is -0.140. The lowest BCUT2D eigenvalue weighted by atomic mass is 9.68. The van der Waals surface area contributed by atoms with Gasteiger partial charge in [0.25, 0.3) is 0 Å². The van der Waals surface area contributed by atoms with Crippen molar-refractivity contribution in [3.63, 3.8) is 0 Å². The monoisotopic (exact) mass is 660 g/mol. The Balaban J connectivity index is 1.48. The maximum Gasteiger partial charge on any atom is 0.233 e. The standard InChI is InChI=1S/C35H37BrN2O6/c1-2-16-38-34(42)27-19-24(21-44-26-8-4-3-5-9-26)32(28(20-39)33(27)35(38)43)31(41)13-11-22(29-10-6-7-15-37-29)17-23-18-25(36)12-14-30(23)40/h3-10,12,14-15,17-18,27-28,31,33,39-41H,2,11,13,16,19-21H2,1H3/b22-17-/t27-,28+,31-,33-/m1/s1. The number of halogens is 1. The minimum Gasteiger partial charge on any atom is -0.507 e. The molecular formula is C35H37BrN2O6. The molecule has 2 aliphatic rings. The van der Waals surface area contributed by atoms with Gasteiger partial charge in [-0.05, 0) is 90.9 Å². The number of amides is 2. The van der Waals surface area contributed by atoms with E-state index in [9.17, 15) is 24.9 Å². The molecule has 8 nitrogen and oxygen atoms in total. The molecule has 1 aliphatic heterocycles. The summed E-state index contributed by atoms with van der Waals surface area (Å²) < 4.78 is 6.90. The highest BCUT2D eigenvalue weighted by atomic mass is 79.9. The number of hydrogen-bond donors (Lipinski definition) is 3. The van der Waals surface area contributed by atoms with Gasteiger partial charge >= 0.3 is 0 Å². The van der Waals surface area contributed by atoms with E-state index in [4.69, 9.17) is 4.74 Å². The second-order valence-electron chi connectivity index (χ2n) is 11.3. The minimum absolute atomic E-state index is 0.116. The van der Waals surface area contributed by atoms with Crippen LogP contribution in [0.1, 0.15) is 43.9 Å². The fourth-order valence-corrected chi connectivity index (χ4v) is 6.77. The number of allylic oxidation sites excluding steroid dienone is 1. The third-order valence-electron chi connectivity index (χ3n) is 8.43. The summed E-state index contributed by atoms with van der Waals surface area (Å²) >= 11 is 3.46. The molecule has 2 aromatic carbocycles. The summed E-state index contributed by atoms with van der Waals surface area (Å²) in [4.78, 5) is 32.7. The number of likely N-dealkylation sites (tertiary alicyclic amines) is 1. The average Bonchev–Trinajstić information content (AvgIpc) is 3.28. The van der Waals surface area contributed by atoms with E-state index in [0.29, 0.717) is 42.0 Å². The van der Waals surface area contributed by atoms with Crippen molar-refractivity contribution in [1.29, 1.82) is 0 Å². The van der Waals surface area contributed by atoms with Gasteiger partial charge in [0, 0.05) is 28.7 Å². The van der Waals surface area contributed by atoms with Crippen LogP contribution in [-0.2, 0) is 9.59 Å². The summed E-state index contributed by atoms with van der Waals surface area (Å²) in [5.74, 6) is -1.79. The van der Waals surface area contributed by atoms with Gasteiger partial charge in [-0.2, -0.15) is 0 Å². The Kier molecular flexibility index (Phi) is 10.3. The predicted octanol–water partition coefficient (Wildman–Crippen LogP) is 5.63. The highest BCUT2D eigenvalue weighted by molar-refractivity contribution is 9.10. The van der Waals surface area contributed by atoms with E-state index in [-0.39, 0.29) is 43.6 Å². The van der Waals surface area contributed by atoms with E-state index < -0.39 is 23.9 Å². The van der Waals surface area contributed by atoms with E-state index in [1.807, 2.05) is 67.6 Å². The Morgan fingerprint density at radius 3 is 2.59 bits per heavy atom.